The molecule has 0 nitrogen and oxygen atoms in total. The normalized spacial score (nSPS) is 13.8. The van der Waals surface area contributed by atoms with Crippen LogP contribution in [0.25, 0.3) is 0 Å². The summed E-state index contributed by atoms with van der Waals surface area (Å²) < 4.78 is 77.3. The summed E-state index contributed by atoms with van der Waals surface area (Å²) in [6, 6.07) is 3.56. The summed E-state index contributed by atoms with van der Waals surface area (Å²) in [5.41, 5.74) is -4.19. The lowest BCUT2D eigenvalue weighted by molar-refractivity contribution is -0.297. The van der Waals surface area contributed by atoms with Crippen LogP contribution in [0.5, 0.6) is 0 Å². The highest BCUT2D eigenvalue weighted by Crippen LogP contribution is 2.52. The van der Waals surface area contributed by atoms with Gasteiger partial charge in [-0.15, -0.1) is 0 Å². The molecule has 18 heavy (non-hydrogen) atoms. The van der Waals surface area contributed by atoms with Gasteiger partial charge in [0.2, 0.25) is 0 Å². The molecule has 0 spiro atoms. The first-order valence-electron chi connectivity index (χ1n) is 5.13. The molecule has 0 saturated heterocycles. The van der Waals surface area contributed by atoms with Crippen LogP contribution in [0.3, 0.4) is 0 Å². The van der Waals surface area contributed by atoms with E-state index in [4.69, 9.17) is 0 Å². The Kier molecular flexibility index (Phi) is 3.44. The highest BCUT2D eigenvalue weighted by molar-refractivity contribution is 5.40. The fourth-order valence-corrected chi connectivity index (χ4v) is 1.76. The first-order chi connectivity index (χ1) is 7.93. The average molecular weight is 270 g/mol. The van der Waals surface area contributed by atoms with E-state index in [2.05, 4.69) is 0 Å². The molecule has 102 valence electrons. The van der Waals surface area contributed by atoms with Crippen molar-refractivity contribution in [2.75, 3.05) is 0 Å². The van der Waals surface area contributed by atoms with Crippen LogP contribution < -0.4 is 0 Å². The van der Waals surface area contributed by atoms with Gasteiger partial charge in [-0.05, 0) is 37.5 Å². The van der Waals surface area contributed by atoms with E-state index < -0.39 is 23.3 Å². The maximum Gasteiger partial charge on any atom is 0.406 e. The van der Waals surface area contributed by atoms with Gasteiger partial charge in [0.05, 0.1) is 0 Å². The lowest BCUT2D eigenvalue weighted by Crippen LogP contribution is -2.52. The molecule has 0 bridgehead atoms. The van der Waals surface area contributed by atoms with Crippen molar-refractivity contribution < 1.29 is 26.3 Å². The van der Waals surface area contributed by atoms with Crippen molar-refractivity contribution in [2.24, 2.45) is 0 Å². The molecule has 1 aromatic carbocycles. The monoisotopic (exact) mass is 270 g/mol. The minimum Gasteiger partial charge on any atom is -0.170 e. The van der Waals surface area contributed by atoms with E-state index in [0.29, 0.717) is 5.56 Å². The number of alkyl halides is 6. The maximum atomic E-state index is 12.9. The van der Waals surface area contributed by atoms with Crippen molar-refractivity contribution in [1.29, 1.82) is 0 Å². The minimum absolute atomic E-state index is 0.00894. The van der Waals surface area contributed by atoms with Crippen molar-refractivity contribution in [3.63, 3.8) is 0 Å². The zero-order valence-corrected chi connectivity index (χ0v) is 10.00. The van der Waals surface area contributed by atoms with Crippen molar-refractivity contribution in [2.45, 2.75) is 38.5 Å². The van der Waals surface area contributed by atoms with Crippen LogP contribution in [0.2, 0.25) is 0 Å². The van der Waals surface area contributed by atoms with Gasteiger partial charge in [0.1, 0.15) is 0 Å². The number of hydrogen-bond acceptors (Lipinski definition) is 0. The summed E-state index contributed by atoms with van der Waals surface area (Å²) in [6.45, 7) is 2.92. The van der Waals surface area contributed by atoms with Crippen LogP contribution in [0.4, 0.5) is 26.3 Å². The Morgan fingerprint density at radius 2 is 1.28 bits per heavy atom. The fourth-order valence-electron chi connectivity index (χ4n) is 1.76. The highest BCUT2D eigenvalue weighted by atomic mass is 19.4. The van der Waals surface area contributed by atoms with Crippen LogP contribution in [0.15, 0.2) is 18.2 Å². The second kappa shape index (κ2) is 4.17. The molecule has 0 unspecified atom stereocenters. The third-order valence-corrected chi connectivity index (χ3v) is 3.28. The number of halogens is 6. The summed E-state index contributed by atoms with van der Waals surface area (Å²) in [6.07, 6.45) is -10.8. The van der Waals surface area contributed by atoms with Gasteiger partial charge in [0.25, 0.3) is 0 Å². The molecular weight excluding hydrogens is 258 g/mol. The number of benzene rings is 1. The summed E-state index contributed by atoms with van der Waals surface area (Å²) in [7, 11) is 0. The van der Waals surface area contributed by atoms with Crippen molar-refractivity contribution in [3.8, 4) is 0 Å². The predicted molar refractivity (Wildman–Crippen MR) is 55.4 cm³/mol. The predicted octanol–water partition coefficient (Wildman–Crippen LogP) is 4.69. The second-order valence-corrected chi connectivity index (χ2v) is 4.37. The van der Waals surface area contributed by atoms with Crippen LogP contribution >= 0.6 is 0 Å². The molecule has 0 radical (unpaired) electrons. The molecule has 0 aromatic heterocycles. The van der Waals surface area contributed by atoms with Gasteiger partial charge in [0, 0.05) is 0 Å². The van der Waals surface area contributed by atoms with Gasteiger partial charge < -0.3 is 0 Å². The smallest absolute Gasteiger partial charge is 0.170 e. The first kappa shape index (κ1) is 14.9. The molecule has 0 aliphatic heterocycles. The Bertz CT molecular complexity index is 427. The number of rotatable bonds is 1. The molecule has 0 N–H and O–H groups in total. The molecule has 0 aliphatic carbocycles. The molecule has 0 amide bonds. The first-order valence-corrected chi connectivity index (χ1v) is 5.13. The molecule has 6 heteroatoms. The van der Waals surface area contributed by atoms with Crippen molar-refractivity contribution in [3.05, 3.63) is 34.9 Å². The molecule has 1 rings (SSSR count). The van der Waals surface area contributed by atoms with Gasteiger partial charge in [-0.1, -0.05) is 18.2 Å². The Balaban J connectivity index is 3.61. The van der Waals surface area contributed by atoms with Gasteiger partial charge in [-0.2, -0.15) is 26.3 Å². The van der Waals surface area contributed by atoms with E-state index in [-0.39, 0.29) is 12.5 Å². The average Bonchev–Trinajstić information content (AvgIpc) is 2.17. The molecule has 1 aromatic rings. The van der Waals surface area contributed by atoms with E-state index in [1.807, 2.05) is 0 Å². The highest BCUT2D eigenvalue weighted by Gasteiger charge is 2.68. The third kappa shape index (κ3) is 2.08. The zero-order valence-electron chi connectivity index (χ0n) is 10.00. The standard InChI is InChI=1S/C12H12F6/c1-7-5-4-6-9(8(7)2)10(3,11(13,14)15)12(16,17)18/h4-6H,1-3H3. The van der Waals surface area contributed by atoms with Crippen LogP contribution in [-0.2, 0) is 5.41 Å². The molecule has 0 saturated carbocycles. The number of hydrogen-bond donors (Lipinski definition) is 0. The Hall–Kier alpha value is -1.20. The lowest BCUT2D eigenvalue weighted by Gasteiger charge is -2.35. The van der Waals surface area contributed by atoms with E-state index in [9.17, 15) is 26.3 Å². The zero-order chi connectivity index (χ0) is 14.4. The van der Waals surface area contributed by atoms with Gasteiger partial charge in [-0.25, -0.2) is 0 Å². The second-order valence-electron chi connectivity index (χ2n) is 4.37. The van der Waals surface area contributed by atoms with E-state index in [0.717, 1.165) is 6.07 Å². The molecule has 0 aliphatic rings. The Labute approximate surface area is 101 Å². The Morgan fingerprint density at radius 3 is 1.67 bits per heavy atom. The largest absolute Gasteiger partial charge is 0.406 e. The SMILES string of the molecule is Cc1cccc(C(C)(C(F)(F)F)C(F)(F)F)c1C. The van der Waals surface area contributed by atoms with Gasteiger partial charge in [-0.3, -0.25) is 0 Å². The summed E-state index contributed by atoms with van der Waals surface area (Å²) in [5, 5.41) is 0. The van der Waals surface area contributed by atoms with Crippen molar-refractivity contribution in [1.82, 2.24) is 0 Å². The third-order valence-electron chi connectivity index (χ3n) is 3.28. The van der Waals surface area contributed by atoms with Gasteiger partial charge >= 0.3 is 12.4 Å². The maximum absolute atomic E-state index is 12.9. The van der Waals surface area contributed by atoms with E-state index in [1.165, 1.54) is 26.0 Å². The van der Waals surface area contributed by atoms with E-state index >= 15 is 0 Å². The molecule has 0 heterocycles. The van der Waals surface area contributed by atoms with Crippen LogP contribution in [0.1, 0.15) is 23.6 Å². The van der Waals surface area contributed by atoms with Gasteiger partial charge in [0.15, 0.2) is 5.41 Å². The quantitative estimate of drug-likeness (QED) is 0.650. The van der Waals surface area contributed by atoms with E-state index in [1.54, 1.807) is 0 Å². The number of aryl methyl sites for hydroxylation is 1. The summed E-state index contributed by atoms with van der Waals surface area (Å²) in [4.78, 5) is 0. The summed E-state index contributed by atoms with van der Waals surface area (Å²) >= 11 is 0. The topological polar surface area (TPSA) is 0 Å². The molecule has 0 fully saturated rings. The van der Waals surface area contributed by atoms with Crippen molar-refractivity contribution >= 4 is 0 Å². The van der Waals surface area contributed by atoms with Crippen LogP contribution in [0, 0.1) is 13.8 Å². The van der Waals surface area contributed by atoms with Crippen LogP contribution in [-0.4, -0.2) is 12.4 Å². The fraction of sp³-hybridized carbons (Fsp3) is 0.500. The molecule has 0 atom stereocenters. The molecular formula is C12H12F6. The summed E-state index contributed by atoms with van der Waals surface area (Å²) in [5.74, 6) is 0. The lowest BCUT2D eigenvalue weighted by atomic mass is 9.77. The Morgan fingerprint density at radius 1 is 0.833 bits per heavy atom. The minimum atomic E-state index is -5.40.